The molecule has 0 saturated carbocycles. The smallest absolute Gasteiger partial charge is 0.0281 e. The number of rotatable bonds is 3. The Morgan fingerprint density at radius 1 is 0.905 bits per heavy atom. The first-order valence-corrected chi connectivity index (χ1v) is 7.47. The van der Waals surface area contributed by atoms with Crippen LogP contribution in [-0.4, -0.2) is 0 Å². The maximum absolute atomic E-state index is 5.44. The Labute approximate surface area is 128 Å². The fraction of sp³-hybridized carbons (Fsp3) is 0.238. The van der Waals surface area contributed by atoms with Crippen molar-refractivity contribution < 1.29 is 0 Å². The minimum atomic E-state index is 0.918. The minimum Gasteiger partial charge on any atom is -0.115 e. The summed E-state index contributed by atoms with van der Waals surface area (Å²) < 4.78 is 0. The average Bonchev–Trinajstić information content (AvgIpc) is 2.54. The molecule has 2 aromatic rings. The molecule has 0 nitrogen and oxygen atoms in total. The lowest BCUT2D eigenvalue weighted by molar-refractivity contribution is 0.922. The van der Waals surface area contributed by atoms with Crippen molar-refractivity contribution in [2.45, 2.75) is 33.1 Å². The van der Waals surface area contributed by atoms with Gasteiger partial charge in [0.25, 0.3) is 0 Å². The molecule has 0 bridgehead atoms. The molecule has 0 spiro atoms. The van der Waals surface area contributed by atoms with Gasteiger partial charge in [-0.1, -0.05) is 50.2 Å². The summed E-state index contributed by atoms with van der Waals surface area (Å²) in [6, 6.07) is 14.5. The molecule has 0 heteroatoms. The summed E-state index contributed by atoms with van der Waals surface area (Å²) in [5, 5.41) is 0. The third kappa shape index (κ3) is 4.01. The van der Waals surface area contributed by atoms with Gasteiger partial charge in [0, 0.05) is 16.7 Å². The number of hydrogen-bond acceptors (Lipinski definition) is 0. The van der Waals surface area contributed by atoms with Crippen molar-refractivity contribution in [2.24, 2.45) is 0 Å². The van der Waals surface area contributed by atoms with Crippen LogP contribution in [0.2, 0.25) is 0 Å². The van der Waals surface area contributed by atoms with E-state index in [4.69, 9.17) is 6.42 Å². The lowest BCUT2D eigenvalue weighted by atomic mass is 10.0. The summed E-state index contributed by atoms with van der Waals surface area (Å²) in [4.78, 5) is 0. The first-order chi connectivity index (χ1) is 10.3. The second kappa shape index (κ2) is 7.37. The summed E-state index contributed by atoms with van der Waals surface area (Å²) in [5.41, 5.74) is 5.62. The van der Waals surface area contributed by atoms with E-state index in [1.54, 1.807) is 0 Å². The molecule has 21 heavy (non-hydrogen) atoms. The highest BCUT2D eigenvalue weighted by Gasteiger charge is 1.99. The first kappa shape index (κ1) is 15.0. The van der Waals surface area contributed by atoms with Crippen LogP contribution in [0.25, 0.3) is 0 Å². The molecule has 0 fully saturated rings. The molecule has 104 valence electrons. The highest BCUT2D eigenvalue weighted by atomic mass is 14.0. The van der Waals surface area contributed by atoms with Gasteiger partial charge in [-0.2, -0.15) is 0 Å². The molecule has 0 saturated heterocycles. The van der Waals surface area contributed by atoms with Gasteiger partial charge in [-0.25, -0.2) is 0 Å². The van der Waals surface area contributed by atoms with Gasteiger partial charge in [0.2, 0.25) is 0 Å². The van der Waals surface area contributed by atoms with E-state index in [-0.39, 0.29) is 0 Å². The predicted octanol–water partition coefficient (Wildman–Crippen LogP) is 4.58. The number of benzene rings is 2. The largest absolute Gasteiger partial charge is 0.115 e. The van der Waals surface area contributed by atoms with Gasteiger partial charge in [-0.15, -0.1) is 6.42 Å². The molecule has 2 rings (SSSR count). The van der Waals surface area contributed by atoms with E-state index in [1.165, 1.54) is 17.5 Å². The Balaban J connectivity index is 2.24. The summed E-state index contributed by atoms with van der Waals surface area (Å²) >= 11 is 0. The Morgan fingerprint density at radius 3 is 2.24 bits per heavy atom. The molecular weight excluding hydrogens is 252 g/mol. The standard InChI is InChI=1S/C21H20/c1-4-7-18-8-10-19(11-9-18)13-15-21-14-12-17(5-2)16-20(21)6-3/h2,8-12,14,16H,4,6-7H2,1,3H3. The molecule has 0 N–H and O–H groups in total. The predicted molar refractivity (Wildman–Crippen MR) is 90.2 cm³/mol. The van der Waals surface area contributed by atoms with Gasteiger partial charge < -0.3 is 0 Å². The summed E-state index contributed by atoms with van der Waals surface area (Å²) in [5.74, 6) is 9.18. The maximum atomic E-state index is 5.44. The Kier molecular flexibility index (Phi) is 5.25. The highest BCUT2D eigenvalue weighted by Crippen LogP contribution is 2.12. The minimum absolute atomic E-state index is 0.918. The van der Waals surface area contributed by atoms with Crippen LogP contribution in [0, 0.1) is 24.2 Å². The van der Waals surface area contributed by atoms with Crippen molar-refractivity contribution in [3.63, 3.8) is 0 Å². The second-order valence-electron chi connectivity index (χ2n) is 5.07. The van der Waals surface area contributed by atoms with Gasteiger partial charge in [0.15, 0.2) is 0 Å². The fourth-order valence-electron chi connectivity index (χ4n) is 2.28. The topological polar surface area (TPSA) is 0 Å². The second-order valence-corrected chi connectivity index (χ2v) is 5.07. The van der Waals surface area contributed by atoms with Crippen LogP contribution in [0.3, 0.4) is 0 Å². The molecule has 0 aliphatic carbocycles. The zero-order chi connectivity index (χ0) is 15.1. The van der Waals surface area contributed by atoms with Crippen LogP contribution >= 0.6 is 0 Å². The van der Waals surface area contributed by atoms with Crippen LogP contribution in [-0.2, 0) is 12.8 Å². The summed E-state index contributed by atoms with van der Waals surface area (Å²) in [7, 11) is 0. The zero-order valence-corrected chi connectivity index (χ0v) is 12.7. The van der Waals surface area contributed by atoms with Gasteiger partial charge in [-0.05, 0) is 54.3 Å². The Morgan fingerprint density at radius 2 is 1.62 bits per heavy atom. The lowest BCUT2D eigenvalue weighted by Gasteiger charge is -2.02. The molecule has 0 unspecified atom stereocenters. The summed E-state index contributed by atoms with van der Waals surface area (Å²) in [6.07, 6.45) is 8.68. The van der Waals surface area contributed by atoms with Crippen molar-refractivity contribution in [1.82, 2.24) is 0 Å². The third-order valence-corrected chi connectivity index (χ3v) is 3.49. The van der Waals surface area contributed by atoms with Gasteiger partial charge in [0.05, 0.1) is 0 Å². The Bertz CT molecular complexity index is 700. The van der Waals surface area contributed by atoms with Crippen molar-refractivity contribution in [2.75, 3.05) is 0 Å². The van der Waals surface area contributed by atoms with Crippen LogP contribution in [0.15, 0.2) is 42.5 Å². The van der Waals surface area contributed by atoms with Crippen molar-refractivity contribution >= 4 is 0 Å². The summed E-state index contributed by atoms with van der Waals surface area (Å²) in [6.45, 7) is 4.32. The molecular formula is C21H20. The normalized spacial score (nSPS) is 9.57. The molecule has 0 aromatic heterocycles. The van der Waals surface area contributed by atoms with Crippen molar-refractivity contribution in [3.05, 3.63) is 70.3 Å². The Hall–Kier alpha value is -2.44. The number of aryl methyl sites for hydroxylation is 2. The van der Waals surface area contributed by atoms with Crippen molar-refractivity contribution in [1.29, 1.82) is 0 Å². The monoisotopic (exact) mass is 272 g/mol. The molecule has 2 aromatic carbocycles. The molecule has 0 aliphatic heterocycles. The quantitative estimate of drug-likeness (QED) is 0.717. The van der Waals surface area contributed by atoms with E-state index in [1.807, 2.05) is 18.2 Å². The molecule has 0 amide bonds. The number of terminal acetylenes is 1. The molecule has 0 radical (unpaired) electrons. The van der Waals surface area contributed by atoms with Crippen LogP contribution in [0.5, 0.6) is 0 Å². The maximum Gasteiger partial charge on any atom is 0.0281 e. The fourth-order valence-corrected chi connectivity index (χ4v) is 2.28. The van der Waals surface area contributed by atoms with Crippen molar-refractivity contribution in [3.8, 4) is 24.2 Å². The average molecular weight is 272 g/mol. The highest BCUT2D eigenvalue weighted by molar-refractivity contribution is 5.50. The van der Waals surface area contributed by atoms with E-state index >= 15 is 0 Å². The third-order valence-electron chi connectivity index (χ3n) is 3.49. The van der Waals surface area contributed by atoms with Gasteiger partial charge >= 0.3 is 0 Å². The van der Waals surface area contributed by atoms with E-state index < -0.39 is 0 Å². The van der Waals surface area contributed by atoms with Crippen LogP contribution in [0.4, 0.5) is 0 Å². The lowest BCUT2D eigenvalue weighted by Crippen LogP contribution is -1.89. The first-order valence-electron chi connectivity index (χ1n) is 7.47. The van der Waals surface area contributed by atoms with E-state index in [0.29, 0.717) is 0 Å². The van der Waals surface area contributed by atoms with Gasteiger partial charge in [0.1, 0.15) is 0 Å². The molecule has 0 heterocycles. The van der Waals surface area contributed by atoms with Crippen LogP contribution < -0.4 is 0 Å². The van der Waals surface area contributed by atoms with Gasteiger partial charge in [-0.3, -0.25) is 0 Å². The van der Waals surface area contributed by atoms with E-state index in [0.717, 1.165) is 29.5 Å². The molecule has 0 aliphatic rings. The number of hydrogen-bond donors (Lipinski definition) is 0. The van der Waals surface area contributed by atoms with E-state index in [9.17, 15) is 0 Å². The SMILES string of the molecule is C#Cc1ccc(C#Cc2ccc(CCC)cc2)c(CC)c1. The van der Waals surface area contributed by atoms with E-state index in [2.05, 4.69) is 55.9 Å². The molecule has 0 atom stereocenters. The zero-order valence-electron chi connectivity index (χ0n) is 12.7. The van der Waals surface area contributed by atoms with Crippen LogP contribution in [0.1, 0.15) is 48.1 Å².